The van der Waals surface area contributed by atoms with Crippen LogP contribution in [0.1, 0.15) is 0 Å². The minimum Gasteiger partial charge on any atom is -0.495 e. The monoisotopic (exact) mass is 375 g/mol. The maximum Gasteiger partial charge on any atom is 0.262 e. The highest BCUT2D eigenvalue weighted by atomic mass is 32.2. The number of carbonyl (C=O) groups is 1. The first-order valence-corrected chi connectivity index (χ1v) is 8.73. The van der Waals surface area contributed by atoms with E-state index in [-0.39, 0.29) is 30.4 Å². The standard InChI is InChI=1S/C16H17N5O4S/c1-25-12-5-3-2-4-11(12)18-13(23)9-26-16-19-14-10(15(24)20-16)8-17-21(14)6-7-22/h2-5,8,22H,6-7,9H2,1H3,(H,18,23)(H,19,20,24). The van der Waals surface area contributed by atoms with Gasteiger partial charge in [0, 0.05) is 0 Å². The normalized spacial score (nSPS) is 10.8. The molecule has 0 unspecified atom stereocenters. The molecule has 0 aliphatic carbocycles. The lowest BCUT2D eigenvalue weighted by atomic mass is 10.3. The van der Waals surface area contributed by atoms with E-state index in [4.69, 9.17) is 9.84 Å². The van der Waals surface area contributed by atoms with E-state index < -0.39 is 0 Å². The molecule has 136 valence electrons. The predicted octanol–water partition coefficient (Wildman–Crippen LogP) is 0.851. The van der Waals surface area contributed by atoms with Crippen molar-refractivity contribution in [2.75, 3.05) is 24.8 Å². The fraction of sp³-hybridized carbons (Fsp3) is 0.250. The number of thioether (sulfide) groups is 1. The van der Waals surface area contributed by atoms with Crippen LogP contribution in [-0.4, -0.2) is 50.2 Å². The Labute approximate surface area is 152 Å². The number of aromatic nitrogens is 4. The van der Waals surface area contributed by atoms with Crippen molar-refractivity contribution in [3.05, 3.63) is 40.8 Å². The van der Waals surface area contributed by atoms with Crippen molar-refractivity contribution in [1.82, 2.24) is 19.7 Å². The van der Waals surface area contributed by atoms with Crippen LogP contribution in [0.3, 0.4) is 0 Å². The second-order valence-electron chi connectivity index (χ2n) is 5.24. The average molecular weight is 375 g/mol. The quantitative estimate of drug-likeness (QED) is 0.413. The summed E-state index contributed by atoms with van der Waals surface area (Å²) in [5.74, 6) is 0.360. The summed E-state index contributed by atoms with van der Waals surface area (Å²) in [6.45, 7) is 0.118. The molecule has 0 saturated carbocycles. The molecule has 0 radical (unpaired) electrons. The van der Waals surface area contributed by atoms with Crippen LogP contribution < -0.4 is 15.6 Å². The van der Waals surface area contributed by atoms with Crippen LogP contribution in [0, 0.1) is 0 Å². The number of rotatable bonds is 7. The third-order valence-electron chi connectivity index (χ3n) is 3.52. The number of hydrogen-bond acceptors (Lipinski definition) is 7. The van der Waals surface area contributed by atoms with Crippen LogP contribution in [0.25, 0.3) is 11.0 Å². The summed E-state index contributed by atoms with van der Waals surface area (Å²) >= 11 is 1.10. The first-order chi connectivity index (χ1) is 12.6. The zero-order valence-electron chi connectivity index (χ0n) is 13.9. The van der Waals surface area contributed by atoms with E-state index in [2.05, 4.69) is 20.4 Å². The van der Waals surface area contributed by atoms with Crippen LogP contribution >= 0.6 is 11.8 Å². The Morgan fingerprint density at radius 1 is 1.42 bits per heavy atom. The molecule has 2 aromatic heterocycles. The van der Waals surface area contributed by atoms with Gasteiger partial charge in [-0.2, -0.15) is 5.10 Å². The van der Waals surface area contributed by atoms with E-state index in [9.17, 15) is 9.59 Å². The lowest BCUT2D eigenvalue weighted by Gasteiger charge is -2.09. The molecule has 0 aliphatic heterocycles. The summed E-state index contributed by atoms with van der Waals surface area (Å²) in [6, 6.07) is 7.09. The van der Waals surface area contributed by atoms with Gasteiger partial charge in [0.05, 0.1) is 37.9 Å². The topological polar surface area (TPSA) is 122 Å². The molecular formula is C16H17N5O4S. The van der Waals surface area contributed by atoms with Crippen molar-refractivity contribution >= 4 is 34.4 Å². The number of carbonyl (C=O) groups excluding carboxylic acids is 1. The predicted molar refractivity (Wildman–Crippen MR) is 97.6 cm³/mol. The number of benzene rings is 1. The highest BCUT2D eigenvalue weighted by Crippen LogP contribution is 2.23. The van der Waals surface area contributed by atoms with Crippen LogP contribution in [0.2, 0.25) is 0 Å². The largest absolute Gasteiger partial charge is 0.495 e. The molecule has 1 aromatic carbocycles. The molecule has 1 amide bonds. The number of aromatic amines is 1. The molecule has 0 spiro atoms. The first kappa shape index (κ1) is 18.0. The number of anilines is 1. The van der Waals surface area contributed by atoms with E-state index in [0.717, 1.165) is 11.8 Å². The maximum atomic E-state index is 12.2. The zero-order chi connectivity index (χ0) is 18.5. The molecule has 0 atom stereocenters. The molecule has 10 heteroatoms. The molecule has 9 nitrogen and oxygen atoms in total. The summed E-state index contributed by atoms with van der Waals surface area (Å²) in [6.07, 6.45) is 1.40. The number of hydrogen-bond donors (Lipinski definition) is 3. The Kier molecular flexibility index (Phi) is 5.54. The van der Waals surface area contributed by atoms with E-state index in [1.54, 1.807) is 18.2 Å². The van der Waals surface area contributed by atoms with Crippen molar-refractivity contribution in [3.63, 3.8) is 0 Å². The number of fused-ring (bicyclic) bond motifs is 1. The number of para-hydroxylation sites is 2. The minimum absolute atomic E-state index is 0.0562. The second-order valence-corrected chi connectivity index (χ2v) is 6.20. The van der Waals surface area contributed by atoms with Crippen LogP contribution in [0.4, 0.5) is 5.69 Å². The van der Waals surface area contributed by atoms with Gasteiger partial charge in [0.2, 0.25) is 5.91 Å². The average Bonchev–Trinajstić information content (AvgIpc) is 3.04. The van der Waals surface area contributed by atoms with Crippen molar-refractivity contribution in [3.8, 4) is 5.75 Å². The number of nitrogens with one attached hydrogen (secondary N) is 2. The number of aliphatic hydroxyl groups excluding tert-OH is 1. The summed E-state index contributed by atoms with van der Waals surface area (Å²) in [5.41, 5.74) is 0.598. The molecule has 0 saturated heterocycles. The second kappa shape index (κ2) is 8.02. The van der Waals surface area contributed by atoms with Gasteiger partial charge in [-0.1, -0.05) is 23.9 Å². The fourth-order valence-electron chi connectivity index (χ4n) is 2.34. The summed E-state index contributed by atoms with van der Waals surface area (Å²) in [7, 11) is 1.53. The molecule has 3 aromatic rings. The van der Waals surface area contributed by atoms with Crippen molar-refractivity contribution in [2.45, 2.75) is 11.7 Å². The zero-order valence-corrected chi connectivity index (χ0v) is 14.7. The van der Waals surface area contributed by atoms with Crippen molar-refractivity contribution in [1.29, 1.82) is 0 Å². The lowest BCUT2D eigenvalue weighted by Crippen LogP contribution is -2.16. The third-order valence-corrected chi connectivity index (χ3v) is 4.39. The Bertz CT molecular complexity index is 984. The van der Waals surface area contributed by atoms with Crippen LogP contribution in [0.5, 0.6) is 5.75 Å². The molecule has 3 rings (SSSR count). The summed E-state index contributed by atoms with van der Waals surface area (Å²) in [5, 5.41) is 16.5. The molecule has 2 heterocycles. The summed E-state index contributed by atoms with van der Waals surface area (Å²) in [4.78, 5) is 31.2. The van der Waals surface area contributed by atoms with E-state index in [1.807, 2.05) is 6.07 Å². The van der Waals surface area contributed by atoms with Gasteiger partial charge in [0.25, 0.3) is 5.56 Å². The number of amides is 1. The Morgan fingerprint density at radius 3 is 3.00 bits per heavy atom. The van der Waals surface area contributed by atoms with Crippen LogP contribution in [0.15, 0.2) is 40.4 Å². The Hall–Kier alpha value is -2.85. The molecular weight excluding hydrogens is 358 g/mol. The highest BCUT2D eigenvalue weighted by Gasteiger charge is 2.12. The molecule has 0 fully saturated rings. The Balaban J connectivity index is 1.72. The van der Waals surface area contributed by atoms with E-state index >= 15 is 0 Å². The number of ether oxygens (including phenoxy) is 1. The molecule has 0 bridgehead atoms. The number of nitrogens with zero attached hydrogens (tertiary/aromatic N) is 3. The van der Waals surface area contributed by atoms with Gasteiger partial charge >= 0.3 is 0 Å². The third kappa shape index (κ3) is 3.86. The molecule has 26 heavy (non-hydrogen) atoms. The Morgan fingerprint density at radius 2 is 2.23 bits per heavy atom. The fourth-order valence-corrected chi connectivity index (χ4v) is 3.00. The first-order valence-electron chi connectivity index (χ1n) is 7.74. The van der Waals surface area contributed by atoms with Gasteiger partial charge in [-0.25, -0.2) is 9.67 Å². The molecule has 3 N–H and O–H groups in total. The van der Waals surface area contributed by atoms with Gasteiger partial charge in [0.1, 0.15) is 11.1 Å². The minimum atomic E-state index is -0.341. The number of H-pyrrole nitrogens is 1. The van der Waals surface area contributed by atoms with Crippen molar-refractivity contribution in [2.24, 2.45) is 0 Å². The highest BCUT2D eigenvalue weighted by molar-refractivity contribution is 7.99. The van der Waals surface area contributed by atoms with Crippen LogP contribution in [-0.2, 0) is 11.3 Å². The van der Waals surface area contributed by atoms with Gasteiger partial charge < -0.3 is 20.1 Å². The lowest BCUT2D eigenvalue weighted by molar-refractivity contribution is -0.113. The van der Waals surface area contributed by atoms with Gasteiger partial charge in [-0.05, 0) is 12.1 Å². The van der Waals surface area contributed by atoms with E-state index in [0.29, 0.717) is 27.6 Å². The maximum absolute atomic E-state index is 12.2. The van der Waals surface area contributed by atoms with Crippen molar-refractivity contribution < 1.29 is 14.6 Å². The summed E-state index contributed by atoms with van der Waals surface area (Å²) < 4.78 is 6.64. The van der Waals surface area contributed by atoms with E-state index in [1.165, 1.54) is 18.0 Å². The number of methoxy groups -OCH3 is 1. The van der Waals surface area contributed by atoms with Gasteiger partial charge in [-0.15, -0.1) is 0 Å². The number of aliphatic hydroxyl groups is 1. The molecule has 0 aliphatic rings. The SMILES string of the molecule is COc1ccccc1NC(=O)CSc1nc2c(cnn2CCO)c(=O)[nH]1. The van der Waals surface area contributed by atoms with Gasteiger partial charge in [0.15, 0.2) is 10.8 Å². The smallest absolute Gasteiger partial charge is 0.262 e. The van der Waals surface area contributed by atoms with Gasteiger partial charge in [-0.3, -0.25) is 9.59 Å².